The molecule has 1 aliphatic carbocycles. The van der Waals surface area contributed by atoms with Gasteiger partial charge in [0.05, 0.1) is 6.10 Å². The van der Waals surface area contributed by atoms with Gasteiger partial charge in [-0.25, -0.2) is 0 Å². The van der Waals surface area contributed by atoms with Crippen LogP contribution in [0.1, 0.15) is 41.6 Å². The lowest BCUT2D eigenvalue weighted by molar-refractivity contribution is -0.149. The summed E-state index contributed by atoms with van der Waals surface area (Å²) in [4.78, 5) is 29.3. The first-order valence-electron chi connectivity index (χ1n) is 11.3. The molecular weight excluding hydrogens is 380 g/mol. The summed E-state index contributed by atoms with van der Waals surface area (Å²) in [7, 11) is 0. The molecule has 3 fully saturated rings. The number of hydrogen-bond acceptors (Lipinski definition) is 5. The third kappa shape index (κ3) is 5.80. The number of nitrogens with one attached hydrogen (secondary N) is 1. The number of nitrogens with zero attached hydrogens (tertiary/aromatic N) is 2. The molecule has 4 rings (SSSR count). The molecule has 0 radical (unpaired) electrons. The zero-order valence-electron chi connectivity index (χ0n) is 17.7. The molecule has 2 heterocycles. The van der Waals surface area contributed by atoms with Crippen LogP contribution in [0.15, 0.2) is 24.3 Å². The van der Waals surface area contributed by atoms with Gasteiger partial charge in [0.25, 0.3) is 5.91 Å². The molecule has 1 atom stereocenters. The van der Waals surface area contributed by atoms with Crippen molar-refractivity contribution < 1.29 is 14.3 Å². The second-order valence-corrected chi connectivity index (χ2v) is 9.03. The van der Waals surface area contributed by atoms with Crippen LogP contribution >= 0.6 is 0 Å². The Morgan fingerprint density at radius 1 is 1.07 bits per heavy atom. The van der Waals surface area contributed by atoms with E-state index in [0.29, 0.717) is 31.1 Å². The SMILES string of the molecule is NCc1ccc(C(=O)NC[C@@H]2CN(CC3CCN(CC4CC4)CC3)C(=O)CO2)cc1. The quantitative estimate of drug-likeness (QED) is 0.668. The standard InChI is InChI=1S/C23H34N4O3/c24-11-17-3-5-20(6-4-17)23(29)25-12-21-15-27(22(28)16-30-21)14-19-7-9-26(10-8-19)13-18-1-2-18/h3-6,18-19,21H,1-2,7-16,24H2,(H,25,29)/t21-/m1/s1. The van der Waals surface area contributed by atoms with Crippen molar-refractivity contribution in [3.05, 3.63) is 35.4 Å². The number of likely N-dealkylation sites (tertiary alicyclic amines) is 1. The smallest absolute Gasteiger partial charge is 0.251 e. The Labute approximate surface area is 178 Å². The summed E-state index contributed by atoms with van der Waals surface area (Å²) in [5.74, 6) is 1.44. The fraction of sp³-hybridized carbons (Fsp3) is 0.652. The minimum atomic E-state index is -0.162. The van der Waals surface area contributed by atoms with Crippen LogP contribution in [0, 0.1) is 11.8 Å². The zero-order chi connectivity index (χ0) is 20.9. The molecule has 164 valence electrons. The van der Waals surface area contributed by atoms with Gasteiger partial charge in [0.15, 0.2) is 0 Å². The Kier molecular flexibility index (Phi) is 7.02. The Bertz CT molecular complexity index is 726. The van der Waals surface area contributed by atoms with Gasteiger partial charge in [-0.3, -0.25) is 9.59 Å². The van der Waals surface area contributed by atoms with Crippen molar-refractivity contribution in [2.24, 2.45) is 17.6 Å². The van der Waals surface area contributed by atoms with Gasteiger partial charge in [-0.2, -0.15) is 0 Å². The van der Waals surface area contributed by atoms with E-state index in [1.165, 1.54) is 19.4 Å². The molecular formula is C23H34N4O3. The normalized spacial score (nSPS) is 23.6. The van der Waals surface area contributed by atoms with Crippen LogP contribution < -0.4 is 11.1 Å². The number of carbonyl (C=O) groups is 2. The molecule has 0 aromatic heterocycles. The van der Waals surface area contributed by atoms with Crippen molar-refractivity contribution in [3.8, 4) is 0 Å². The van der Waals surface area contributed by atoms with E-state index in [-0.39, 0.29) is 24.5 Å². The number of benzene rings is 1. The first-order valence-corrected chi connectivity index (χ1v) is 11.3. The van der Waals surface area contributed by atoms with Gasteiger partial charge in [0, 0.05) is 38.3 Å². The van der Waals surface area contributed by atoms with Gasteiger partial charge >= 0.3 is 0 Å². The Morgan fingerprint density at radius 2 is 1.77 bits per heavy atom. The third-order valence-electron chi connectivity index (χ3n) is 6.56. The molecule has 1 aromatic carbocycles. The van der Waals surface area contributed by atoms with Crippen molar-refractivity contribution in [3.63, 3.8) is 0 Å². The summed E-state index contributed by atoms with van der Waals surface area (Å²) >= 11 is 0. The molecule has 2 aliphatic heterocycles. The van der Waals surface area contributed by atoms with Crippen molar-refractivity contribution in [1.29, 1.82) is 0 Å². The average Bonchev–Trinajstić information content (AvgIpc) is 3.59. The second kappa shape index (κ2) is 9.90. The number of amides is 2. The average molecular weight is 415 g/mol. The van der Waals surface area contributed by atoms with Crippen molar-refractivity contribution in [2.75, 3.05) is 45.9 Å². The number of morpholine rings is 1. The molecule has 30 heavy (non-hydrogen) atoms. The Morgan fingerprint density at radius 3 is 2.43 bits per heavy atom. The van der Waals surface area contributed by atoms with Gasteiger partial charge in [-0.1, -0.05) is 12.1 Å². The summed E-state index contributed by atoms with van der Waals surface area (Å²) in [6.07, 6.45) is 4.97. The maximum absolute atomic E-state index is 12.4. The highest BCUT2D eigenvalue weighted by molar-refractivity contribution is 5.94. The van der Waals surface area contributed by atoms with Crippen LogP contribution in [0.4, 0.5) is 0 Å². The number of piperidine rings is 1. The predicted molar refractivity (Wildman–Crippen MR) is 115 cm³/mol. The monoisotopic (exact) mass is 414 g/mol. The van der Waals surface area contributed by atoms with E-state index in [9.17, 15) is 9.59 Å². The highest BCUT2D eigenvalue weighted by Gasteiger charge is 2.31. The van der Waals surface area contributed by atoms with Crippen LogP contribution in [0.3, 0.4) is 0 Å². The van der Waals surface area contributed by atoms with Gasteiger partial charge in [0.2, 0.25) is 5.91 Å². The van der Waals surface area contributed by atoms with E-state index in [1.54, 1.807) is 12.1 Å². The molecule has 7 heteroatoms. The van der Waals surface area contributed by atoms with Crippen LogP contribution in [-0.4, -0.2) is 73.6 Å². The van der Waals surface area contributed by atoms with E-state index in [1.807, 2.05) is 17.0 Å². The number of nitrogens with two attached hydrogens (primary N) is 1. The number of rotatable bonds is 8. The van der Waals surface area contributed by atoms with Crippen LogP contribution in [0.5, 0.6) is 0 Å². The summed E-state index contributed by atoms with van der Waals surface area (Å²) in [6, 6.07) is 7.29. The summed E-state index contributed by atoms with van der Waals surface area (Å²) in [5, 5.41) is 2.94. The first kappa shape index (κ1) is 21.3. The van der Waals surface area contributed by atoms with Crippen LogP contribution in [0.2, 0.25) is 0 Å². The van der Waals surface area contributed by atoms with E-state index in [4.69, 9.17) is 10.5 Å². The fourth-order valence-corrected chi connectivity index (χ4v) is 4.41. The largest absolute Gasteiger partial charge is 0.365 e. The molecule has 2 saturated heterocycles. The maximum Gasteiger partial charge on any atom is 0.251 e. The first-order chi connectivity index (χ1) is 14.6. The van der Waals surface area contributed by atoms with Gasteiger partial charge in [0.1, 0.15) is 6.61 Å². The van der Waals surface area contributed by atoms with E-state index in [2.05, 4.69) is 10.2 Å². The van der Waals surface area contributed by atoms with Crippen LogP contribution in [0.25, 0.3) is 0 Å². The molecule has 2 amide bonds. The summed E-state index contributed by atoms with van der Waals surface area (Å²) in [5.41, 5.74) is 7.20. The highest BCUT2D eigenvalue weighted by Crippen LogP contribution is 2.31. The second-order valence-electron chi connectivity index (χ2n) is 9.03. The molecule has 3 N–H and O–H groups in total. The number of hydrogen-bond donors (Lipinski definition) is 2. The number of carbonyl (C=O) groups excluding carboxylic acids is 2. The van der Waals surface area contributed by atoms with Gasteiger partial charge < -0.3 is 25.6 Å². The molecule has 0 bridgehead atoms. The highest BCUT2D eigenvalue weighted by atomic mass is 16.5. The van der Waals surface area contributed by atoms with Gasteiger partial charge in [-0.05, 0) is 68.3 Å². The maximum atomic E-state index is 12.4. The summed E-state index contributed by atoms with van der Waals surface area (Å²) in [6.45, 7) is 5.90. The van der Waals surface area contributed by atoms with Gasteiger partial charge in [-0.15, -0.1) is 0 Å². The minimum Gasteiger partial charge on any atom is -0.365 e. The van der Waals surface area contributed by atoms with Crippen molar-refractivity contribution in [1.82, 2.24) is 15.1 Å². The Hall–Kier alpha value is -1.96. The van der Waals surface area contributed by atoms with E-state index in [0.717, 1.165) is 44.0 Å². The fourth-order valence-electron chi connectivity index (χ4n) is 4.41. The lowest BCUT2D eigenvalue weighted by atomic mass is 9.95. The predicted octanol–water partition coefficient (Wildman–Crippen LogP) is 1.22. The number of ether oxygens (including phenoxy) is 1. The Balaban J connectivity index is 1.21. The van der Waals surface area contributed by atoms with Crippen molar-refractivity contribution >= 4 is 11.8 Å². The third-order valence-corrected chi connectivity index (χ3v) is 6.56. The lowest BCUT2D eigenvalue weighted by Gasteiger charge is -2.38. The molecule has 0 unspecified atom stereocenters. The molecule has 3 aliphatic rings. The molecule has 1 aromatic rings. The summed E-state index contributed by atoms with van der Waals surface area (Å²) < 4.78 is 5.67. The van der Waals surface area contributed by atoms with Crippen LogP contribution in [-0.2, 0) is 16.1 Å². The van der Waals surface area contributed by atoms with E-state index >= 15 is 0 Å². The molecule has 1 saturated carbocycles. The molecule has 0 spiro atoms. The van der Waals surface area contributed by atoms with E-state index < -0.39 is 0 Å². The lowest BCUT2D eigenvalue weighted by Crippen LogP contribution is -2.52. The zero-order valence-corrected chi connectivity index (χ0v) is 17.7. The van der Waals surface area contributed by atoms with Crippen molar-refractivity contribution in [2.45, 2.75) is 38.3 Å². The molecule has 7 nitrogen and oxygen atoms in total. The topological polar surface area (TPSA) is 87.9 Å². The minimum absolute atomic E-state index is 0.0651.